The summed E-state index contributed by atoms with van der Waals surface area (Å²) in [6.07, 6.45) is 0.568. The molecule has 1 heterocycles. The first-order valence-corrected chi connectivity index (χ1v) is 7.60. The van der Waals surface area contributed by atoms with Crippen LogP contribution in [-0.2, 0) is 6.42 Å². The molecule has 1 unspecified atom stereocenters. The number of fused-ring (bicyclic) bond motifs is 1. The highest BCUT2D eigenvalue weighted by atomic mass is 35.5. The van der Waals surface area contributed by atoms with Gasteiger partial charge in [0.1, 0.15) is 0 Å². The summed E-state index contributed by atoms with van der Waals surface area (Å²) in [4.78, 5) is 12.4. The van der Waals surface area contributed by atoms with E-state index in [0.29, 0.717) is 33.4 Å². The fraction of sp³-hybridized carbons (Fsp3) is 0.118. The van der Waals surface area contributed by atoms with Gasteiger partial charge in [-0.3, -0.25) is 4.79 Å². The van der Waals surface area contributed by atoms with Crippen molar-refractivity contribution in [1.29, 1.82) is 0 Å². The van der Waals surface area contributed by atoms with Gasteiger partial charge in [0.25, 0.3) is 5.91 Å². The molecule has 1 amide bonds. The summed E-state index contributed by atoms with van der Waals surface area (Å²) in [5.41, 5.74) is 2.89. The van der Waals surface area contributed by atoms with Gasteiger partial charge < -0.3 is 10.6 Å². The lowest BCUT2D eigenvalue weighted by Crippen LogP contribution is -2.37. The zero-order chi connectivity index (χ0) is 15.7. The third kappa shape index (κ3) is 2.96. The molecule has 0 saturated carbocycles. The topological polar surface area (TPSA) is 41.1 Å². The minimum atomic E-state index is -0.251. The first-order valence-electron chi connectivity index (χ1n) is 6.84. The zero-order valence-corrected chi connectivity index (χ0v) is 13.2. The Hall–Kier alpha value is -1.97. The summed E-state index contributed by atoms with van der Waals surface area (Å²) < 4.78 is 0. The number of rotatable bonds is 2. The van der Waals surface area contributed by atoms with Crippen molar-refractivity contribution in [2.45, 2.75) is 12.5 Å². The van der Waals surface area contributed by atoms with E-state index in [0.717, 1.165) is 5.56 Å². The average molecular weight is 333 g/mol. The first kappa shape index (κ1) is 14.9. The van der Waals surface area contributed by atoms with Crippen molar-refractivity contribution in [2.24, 2.45) is 0 Å². The SMILES string of the molecule is C=C1Nc2ccc(Cl)cc2C(=O)NC1Cc1ccccc1Cl. The molecule has 0 fully saturated rings. The molecule has 3 nitrogen and oxygen atoms in total. The van der Waals surface area contributed by atoms with Gasteiger partial charge in [0.05, 0.1) is 17.3 Å². The van der Waals surface area contributed by atoms with Gasteiger partial charge in [-0.2, -0.15) is 0 Å². The molecule has 1 atom stereocenters. The number of amides is 1. The third-order valence-corrected chi connectivity index (χ3v) is 4.23. The van der Waals surface area contributed by atoms with Crippen LogP contribution in [0.15, 0.2) is 54.7 Å². The fourth-order valence-corrected chi connectivity index (χ4v) is 2.84. The van der Waals surface area contributed by atoms with Crippen molar-refractivity contribution in [3.8, 4) is 0 Å². The van der Waals surface area contributed by atoms with E-state index in [-0.39, 0.29) is 11.9 Å². The Bertz CT molecular complexity index is 758. The number of carbonyl (C=O) groups excluding carboxylic acids is 1. The van der Waals surface area contributed by atoms with Crippen molar-refractivity contribution in [1.82, 2.24) is 5.32 Å². The number of anilines is 1. The van der Waals surface area contributed by atoms with Gasteiger partial charge in [0, 0.05) is 15.7 Å². The number of carbonyl (C=O) groups is 1. The predicted molar refractivity (Wildman–Crippen MR) is 90.6 cm³/mol. The largest absolute Gasteiger partial charge is 0.357 e. The Morgan fingerprint density at radius 3 is 2.68 bits per heavy atom. The summed E-state index contributed by atoms with van der Waals surface area (Å²) in [5.74, 6) is -0.180. The maximum atomic E-state index is 12.4. The maximum absolute atomic E-state index is 12.4. The van der Waals surface area contributed by atoms with Gasteiger partial charge >= 0.3 is 0 Å². The molecule has 2 N–H and O–H groups in total. The molecule has 1 aliphatic rings. The minimum Gasteiger partial charge on any atom is -0.357 e. The molecule has 0 aliphatic carbocycles. The molecule has 3 rings (SSSR count). The predicted octanol–water partition coefficient (Wildman–Crippen LogP) is 4.27. The summed E-state index contributed by atoms with van der Waals surface area (Å²) in [7, 11) is 0. The molecule has 22 heavy (non-hydrogen) atoms. The standard InChI is InChI=1S/C17H14Cl2N2O/c1-10-16(8-11-4-2-3-5-14(11)19)21-17(22)13-9-12(18)6-7-15(13)20-10/h2-7,9,16,20H,1,8H2,(H,21,22). The van der Waals surface area contributed by atoms with Crippen molar-refractivity contribution in [3.63, 3.8) is 0 Å². The highest BCUT2D eigenvalue weighted by molar-refractivity contribution is 6.31. The van der Waals surface area contributed by atoms with Gasteiger partial charge in [0.15, 0.2) is 0 Å². The fourth-order valence-electron chi connectivity index (χ4n) is 2.45. The molecule has 0 bridgehead atoms. The smallest absolute Gasteiger partial charge is 0.253 e. The summed E-state index contributed by atoms with van der Waals surface area (Å²) in [5, 5.41) is 7.35. The van der Waals surface area contributed by atoms with Crippen molar-refractivity contribution < 1.29 is 4.79 Å². The number of hydrogen-bond donors (Lipinski definition) is 2. The van der Waals surface area contributed by atoms with E-state index in [9.17, 15) is 4.79 Å². The maximum Gasteiger partial charge on any atom is 0.253 e. The van der Waals surface area contributed by atoms with Crippen molar-refractivity contribution in [2.75, 3.05) is 5.32 Å². The van der Waals surface area contributed by atoms with Gasteiger partial charge in [-0.25, -0.2) is 0 Å². The van der Waals surface area contributed by atoms with Crippen LogP contribution in [0.25, 0.3) is 0 Å². The second-order valence-corrected chi connectivity index (χ2v) is 6.01. The van der Waals surface area contributed by atoms with Gasteiger partial charge in [-0.15, -0.1) is 0 Å². The van der Waals surface area contributed by atoms with Crippen molar-refractivity contribution >= 4 is 34.8 Å². The second-order valence-electron chi connectivity index (χ2n) is 5.16. The lowest BCUT2D eigenvalue weighted by Gasteiger charge is -2.19. The van der Waals surface area contributed by atoms with E-state index in [4.69, 9.17) is 23.2 Å². The normalized spacial score (nSPS) is 17.3. The third-order valence-electron chi connectivity index (χ3n) is 3.63. The monoisotopic (exact) mass is 332 g/mol. The minimum absolute atomic E-state index is 0.180. The molecule has 2 aromatic rings. The molecule has 2 aromatic carbocycles. The van der Waals surface area contributed by atoms with Crippen LogP contribution in [0.3, 0.4) is 0 Å². The molecular formula is C17H14Cl2N2O. The zero-order valence-electron chi connectivity index (χ0n) is 11.7. The molecule has 1 aliphatic heterocycles. The number of nitrogens with one attached hydrogen (secondary N) is 2. The first-order chi connectivity index (χ1) is 10.5. The molecule has 0 spiro atoms. The Labute approximate surface area is 138 Å². The Morgan fingerprint density at radius 2 is 1.91 bits per heavy atom. The van der Waals surface area contributed by atoms with Crippen LogP contribution in [0.2, 0.25) is 10.0 Å². The number of hydrogen-bond acceptors (Lipinski definition) is 2. The molecule has 0 radical (unpaired) electrons. The van der Waals surface area contributed by atoms with E-state index in [2.05, 4.69) is 17.2 Å². The quantitative estimate of drug-likeness (QED) is 0.862. The van der Waals surface area contributed by atoms with Crippen molar-refractivity contribution in [3.05, 3.63) is 75.9 Å². The lowest BCUT2D eigenvalue weighted by molar-refractivity contribution is 0.0945. The van der Waals surface area contributed by atoms with Crippen LogP contribution < -0.4 is 10.6 Å². The van der Waals surface area contributed by atoms with Crippen LogP contribution >= 0.6 is 23.2 Å². The van der Waals surface area contributed by atoms with E-state index in [1.165, 1.54) is 0 Å². The highest BCUT2D eigenvalue weighted by Crippen LogP contribution is 2.27. The van der Waals surface area contributed by atoms with Crippen LogP contribution in [0.4, 0.5) is 5.69 Å². The van der Waals surface area contributed by atoms with Crippen LogP contribution in [-0.4, -0.2) is 11.9 Å². The Morgan fingerprint density at radius 1 is 1.14 bits per heavy atom. The van der Waals surface area contributed by atoms with E-state index >= 15 is 0 Å². The molecular weight excluding hydrogens is 319 g/mol. The number of halogens is 2. The summed E-state index contributed by atoms with van der Waals surface area (Å²) in [6.45, 7) is 4.04. The Kier molecular flexibility index (Phi) is 4.10. The molecule has 0 aromatic heterocycles. The summed E-state index contributed by atoms with van der Waals surface area (Å²) in [6, 6.07) is 12.5. The average Bonchev–Trinajstić information content (AvgIpc) is 2.60. The molecule has 0 saturated heterocycles. The number of benzene rings is 2. The van der Waals surface area contributed by atoms with Crippen LogP contribution in [0.5, 0.6) is 0 Å². The highest BCUT2D eigenvalue weighted by Gasteiger charge is 2.24. The molecule has 5 heteroatoms. The van der Waals surface area contributed by atoms with Gasteiger partial charge in [-0.1, -0.05) is 48.0 Å². The van der Waals surface area contributed by atoms with Crippen LogP contribution in [0, 0.1) is 0 Å². The molecule has 112 valence electrons. The lowest BCUT2D eigenvalue weighted by atomic mass is 10.0. The summed E-state index contributed by atoms with van der Waals surface area (Å²) >= 11 is 12.2. The van der Waals surface area contributed by atoms with Crippen LogP contribution in [0.1, 0.15) is 15.9 Å². The van der Waals surface area contributed by atoms with E-state index < -0.39 is 0 Å². The van der Waals surface area contributed by atoms with E-state index in [1.54, 1.807) is 18.2 Å². The second kappa shape index (κ2) is 6.03. The van der Waals surface area contributed by atoms with E-state index in [1.807, 2.05) is 24.3 Å². The van der Waals surface area contributed by atoms with Gasteiger partial charge in [-0.05, 0) is 36.2 Å². The van der Waals surface area contributed by atoms with Gasteiger partial charge in [0.2, 0.25) is 0 Å². The Balaban J connectivity index is 1.89.